The van der Waals surface area contributed by atoms with Crippen molar-refractivity contribution in [3.63, 3.8) is 0 Å². The lowest BCUT2D eigenvalue weighted by Crippen LogP contribution is -2.04. The van der Waals surface area contributed by atoms with Crippen molar-refractivity contribution in [2.75, 3.05) is 0 Å². The molecule has 0 spiro atoms. The van der Waals surface area contributed by atoms with Crippen LogP contribution in [0.5, 0.6) is 23.0 Å². The van der Waals surface area contributed by atoms with Crippen LogP contribution in [0.3, 0.4) is 0 Å². The Labute approximate surface area is 166 Å². The largest absolute Gasteiger partial charge is 0.449 e. The molecule has 134 valence electrons. The van der Waals surface area contributed by atoms with E-state index in [0.29, 0.717) is 22.3 Å². The lowest BCUT2D eigenvalue weighted by Gasteiger charge is -2.23. The number of nitrogens with zero attached hydrogens (tertiary/aromatic N) is 1. The molecule has 1 aromatic heterocycles. The van der Waals surface area contributed by atoms with E-state index >= 15 is 0 Å². The topological polar surface area (TPSA) is 23.4 Å². The minimum atomic E-state index is 0.698. The predicted molar refractivity (Wildman–Crippen MR) is 112 cm³/mol. The van der Waals surface area contributed by atoms with Crippen molar-refractivity contribution in [2.24, 2.45) is 0 Å². The zero-order valence-corrected chi connectivity index (χ0v) is 15.5. The molecule has 0 fully saturated rings. The summed E-state index contributed by atoms with van der Waals surface area (Å²) >= 11 is 6.35. The van der Waals surface area contributed by atoms with Crippen LogP contribution in [0.1, 0.15) is 0 Å². The first kappa shape index (κ1) is 15.6. The molecular formula is C24H14ClNO2. The van der Waals surface area contributed by atoms with Gasteiger partial charge in [-0.3, -0.25) is 0 Å². The van der Waals surface area contributed by atoms with E-state index < -0.39 is 0 Å². The Hall–Kier alpha value is -3.43. The number of benzene rings is 4. The van der Waals surface area contributed by atoms with Gasteiger partial charge >= 0.3 is 0 Å². The SMILES string of the molecule is Clc1ccc2c3ccccc3n(-c3cccc4c3Oc3ccccc3O4)c2c1. The van der Waals surface area contributed by atoms with Gasteiger partial charge in [0.1, 0.15) is 0 Å². The second kappa shape index (κ2) is 5.78. The van der Waals surface area contributed by atoms with E-state index in [9.17, 15) is 0 Å². The highest BCUT2D eigenvalue weighted by atomic mass is 35.5. The molecule has 0 saturated carbocycles. The predicted octanol–water partition coefficient (Wildman–Crippen LogP) is 7.34. The number of ether oxygens (including phenoxy) is 2. The van der Waals surface area contributed by atoms with Crippen LogP contribution in [0.2, 0.25) is 5.02 Å². The summed E-state index contributed by atoms with van der Waals surface area (Å²) in [5.41, 5.74) is 3.04. The third-order valence-corrected chi connectivity index (χ3v) is 5.35. The highest BCUT2D eigenvalue weighted by Crippen LogP contribution is 2.49. The fourth-order valence-corrected chi connectivity index (χ4v) is 4.08. The fourth-order valence-electron chi connectivity index (χ4n) is 3.91. The van der Waals surface area contributed by atoms with Crippen molar-refractivity contribution in [3.8, 4) is 28.7 Å². The first-order valence-corrected chi connectivity index (χ1v) is 9.44. The molecule has 0 bridgehead atoms. The molecule has 4 aromatic carbocycles. The van der Waals surface area contributed by atoms with Crippen LogP contribution in [0.25, 0.3) is 27.5 Å². The van der Waals surface area contributed by atoms with Crippen LogP contribution in [0, 0.1) is 0 Å². The minimum absolute atomic E-state index is 0.698. The summed E-state index contributed by atoms with van der Waals surface area (Å²) < 4.78 is 14.6. The number of hydrogen-bond acceptors (Lipinski definition) is 2. The Balaban J connectivity index is 1.69. The average Bonchev–Trinajstić information content (AvgIpc) is 3.05. The second-order valence-electron chi connectivity index (χ2n) is 6.77. The molecule has 1 aliphatic heterocycles. The molecule has 0 amide bonds. The van der Waals surface area contributed by atoms with Gasteiger partial charge in [0.15, 0.2) is 23.0 Å². The number of aromatic nitrogens is 1. The molecule has 4 heteroatoms. The number of hydrogen-bond donors (Lipinski definition) is 0. The number of halogens is 1. The van der Waals surface area contributed by atoms with E-state index in [-0.39, 0.29) is 0 Å². The molecule has 0 atom stereocenters. The minimum Gasteiger partial charge on any atom is -0.449 e. The maximum atomic E-state index is 6.35. The molecule has 0 aliphatic carbocycles. The molecule has 0 N–H and O–H groups in total. The third-order valence-electron chi connectivity index (χ3n) is 5.12. The Morgan fingerprint density at radius 2 is 1.32 bits per heavy atom. The van der Waals surface area contributed by atoms with Crippen molar-refractivity contribution >= 4 is 33.4 Å². The zero-order valence-electron chi connectivity index (χ0n) is 14.7. The van der Waals surface area contributed by atoms with Crippen molar-refractivity contribution in [1.29, 1.82) is 0 Å². The Kier molecular flexibility index (Phi) is 3.22. The molecule has 3 nitrogen and oxygen atoms in total. The van der Waals surface area contributed by atoms with Crippen LogP contribution in [0.4, 0.5) is 0 Å². The molecule has 2 heterocycles. The highest BCUT2D eigenvalue weighted by molar-refractivity contribution is 6.31. The summed E-state index contributed by atoms with van der Waals surface area (Å²) in [6, 6.07) is 28.0. The van der Waals surface area contributed by atoms with Gasteiger partial charge in [-0.15, -0.1) is 0 Å². The van der Waals surface area contributed by atoms with Crippen LogP contribution in [0.15, 0.2) is 84.9 Å². The monoisotopic (exact) mass is 383 g/mol. The zero-order chi connectivity index (χ0) is 18.7. The van der Waals surface area contributed by atoms with E-state index in [4.69, 9.17) is 21.1 Å². The van der Waals surface area contributed by atoms with Gasteiger partial charge < -0.3 is 14.0 Å². The molecule has 5 aromatic rings. The van der Waals surface area contributed by atoms with Crippen molar-refractivity contribution in [1.82, 2.24) is 4.57 Å². The molecule has 0 saturated heterocycles. The van der Waals surface area contributed by atoms with Gasteiger partial charge in [0.25, 0.3) is 0 Å². The number of para-hydroxylation sites is 4. The van der Waals surface area contributed by atoms with Gasteiger partial charge in [0.2, 0.25) is 0 Å². The number of fused-ring (bicyclic) bond motifs is 5. The van der Waals surface area contributed by atoms with Gasteiger partial charge in [-0.25, -0.2) is 0 Å². The van der Waals surface area contributed by atoms with Gasteiger partial charge in [-0.2, -0.15) is 0 Å². The molecule has 6 rings (SSSR count). The summed E-state index contributed by atoms with van der Waals surface area (Å²) in [6.45, 7) is 0. The second-order valence-corrected chi connectivity index (χ2v) is 7.21. The highest BCUT2D eigenvalue weighted by Gasteiger charge is 2.24. The lowest BCUT2D eigenvalue weighted by atomic mass is 10.2. The Morgan fingerprint density at radius 3 is 2.21 bits per heavy atom. The molecular weight excluding hydrogens is 370 g/mol. The summed E-state index contributed by atoms with van der Waals surface area (Å²) in [5.74, 6) is 2.83. The van der Waals surface area contributed by atoms with E-state index in [1.54, 1.807) is 0 Å². The first-order chi connectivity index (χ1) is 13.8. The lowest BCUT2D eigenvalue weighted by molar-refractivity contribution is 0.359. The van der Waals surface area contributed by atoms with Gasteiger partial charge in [0.05, 0.1) is 16.7 Å². The van der Waals surface area contributed by atoms with Crippen LogP contribution in [-0.4, -0.2) is 4.57 Å². The standard InChI is InChI=1S/C24H14ClNO2/c25-15-12-13-17-16-6-1-2-7-18(16)26(20(17)14-15)19-8-5-11-23-24(19)28-22-10-4-3-9-21(22)27-23/h1-14H. The normalized spacial score (nSPS) is 12.3. The summed E-state index contributed by atoms with van der Waals surface area (Å²) in [7, 11) is 0. The van der Waals surface area contributed by atoms with Crippen molar-refractivity contribution in [2.45, 2.75) is 0 Å². The van der Waals surface area contributed by atoms with Gasteiger partial charge in [-0.1, -0.05) is 54.1 Å². The van der Waals surface area contributed by atoms with E-state index in [0.717, 1.165) is 27.9 Å². The van der Waals surface area contributed by atoms with Gasteiger partial charge in [0, 0.05) is 15.8 Å². The fraction of sp³-hybridized carbons (Fsp3) is 0. The summed E-state index contributed by atoms with van der Waals surface area (Å²) in [5, 5.41) is 3.02. The average molecular weight is 384 g/mol. The van der Waals surface area contributed by atoms with E-state index in [2.05, 4.69) is 28.8 Å². The van der Waals surface area contributed by atoms with Crippen molar-refractivity contribution < 1.29 is 9.47 Å². The summed E-state index contributed by atoms with van der Waals surface area (Å²) in [4.78, 5) is 0. The molecule has 1 aliphatic rings. The third kappa shape index (κ3) is 2.17. The first-order valence-electron chi connectivity index (χ1n) is 9.06. The van der Waals surface area contributed by atoms with Crippen LogP contribution in [-0.2, 0) is 0 Å². The maximum Gasteiger partial charge on any atom is 0.194 e. The number of rotatable bonds is 1. The van der Waals surface area contributed by atoms with Crippen molar-refractivity contribution in [3.05, 3.63) is 90.0 Å². The Morgan fingerprint density at radius 1 is 0.607 bits per heavy atom. The molecule has 0 unspecified atom stereocenters. The van der Waals surface area contributed by atoms with E-state index in [1.807, 2.05) is 60.7 Å². The van der Waals surface area contributed by atoms with Gasteiger partial charge in [-0.05, 0) is 42.5 Å². The maximum absolute atomic E-state index is 6.35. The molecule has 28 heavy (non-hydrogen) atoms. The smallest absolute Gasteiger partial charge is 0.194 e. The Bertz CT molecular complexity index is 1390. The summed E-state index contributed by atoms with van der Waals surface area (Å²) in [6.07, 6.45) is 0. The quantitative estimate of drug-likeness (QED) is 0.296. The van der Waals surface area contributed by atoms with Crippen LogP contribution < -0.4 is 9.47 Å². The van der Waals surface area contributed by atoms with E-state index in [1.165, 1.54) is 5.39 Å². The van der Waals surface area contributed by atoms with Crippen LogP contribution >= 0.6 is 11.6 Å². The molecule has 0 radical (unpaired) electrons.